The number of nitrogens with two attached hydrogens (primary N) is 1. The molecule has 0 bridgehead atoms. The molecule has 5 heteroatoms. The van der Waals surface area contributed by atoms with Gasteiger partial charge in [-0.2, -0.15) is 4.39 Å². The van der Waals surface area contributed by atoms with Crippen LogP contribution >= 0.6 is 12.4 Å². The molecular weight excluding hydrogens is 217 g/mol. The van der Waals surface area contributed by atoms with Gasteiger partial charge in [-0.25, -0.2) is 4.98 Å². The fraction of sp³-hybridized carbons (Fsp3) is 0.500. The number of hydrogen-bond donors (Lipinski definition) is 1. The third-order valence-corrected chi connectivity index (χ3v) is 2.63. The highest BCUT2D eigenvalue weighted by molar-refractivity contribution is 5.85. The van der Waals surface area contributed by atoms with Crippen molar-refractivity contribution in [3.05, 3.63) is 23.8 Å². The third-order valence-electron chi connectivity index (χ3n) is 2.63. The third kappa shape index (κ3) is 2.38. The molecule has 3 nitrogen and oxygen atoms in total. The number of aryl methyl sites for hydroxylation is 1. The summed E-state index contributed by atoms with van der Waals surface area (Å²) in [4.78, 5) is 5.76. The van der Waals surface area contributed by atoms with Crippen LogP contribution in [0.5, 0.6) is 0 Å². The van der Waals surface area contributed by atoms with Crippen molar-refractivity contribution in [1.29, 1.82) is 0 Å². The van der Waals surface area contributed by atoms with E-state index in [1.165, 1.54) is 0 Å². The Morgan fingerprint density at radius 2 is 2.33 bits per heavy atom. The van der Waals surface area contributed by atoms with Crippen LogP contribution < -0.4 is 10.6 Å². The summed E-state index contributed by atoms with van der Waals surface area (Å²) in [5.41, 5.74) is 7.40. The molecule has 1 fully saturated rings. The molecule has 1 aromatic heterocycles. The lowest BCUT2D eigenvalue weighted by molar-refractivity contribution is 0.573. The van der Waals surface area contributed by atoms with Crippen LogP contribution in [-0.4, -0.2) is 17.7 Å². The van der Waals surface area contributed by atoms with Gasteiger partial charge in [-0.15, -0.1) is 12.4 Å². The lowest BCUT2D eigenvalue weighted by Crippen LogP contribution is -2.36. The summed E-state index contributed by atoms with van der Waals surface area (Å²) >= 11 is 0. The summed E-state index contributed by atoms with van der Waals surface area (Å²) in [7, 11) is 0. The van der Waals surface area contributed by atoms with Crippen LogP contribution in [0.2, 0.25) is 0 Å². The summed E-state index contributed by atoms with van der Waals surface area (Å²) < 4.78 is 12.9. The number of nitrogens with zero attached hydrogens (tertiary/aromatic N) is 2. The molecule has 0 saturated carbocycles. The number of aromatic nitrogens is 1. The Hall–Kier alpha value is -0.870. The Morgan fingerprint density at radius 1 is 1.60 bits per heavy atom. The highest BCUT2D eigenvalue weighted by Gasteiger charge is 2.21. The van der Waals surface area contributed by atoms with Gasteiger partial charge in [-0.3, -0.25) is 0 Å². The minimum atomic E-state index is -0.401. The minimum Gasteiger partial charge on any atom is -0.355 e. The molecule has 0 aromatic carbocycles. The molecule has 2 heterocycles. The van der Waals surface area contributed by atoms with E-state index in [4.69, 9.17) is 5.73 Å². The van der Waals surface area contributed by atoms with Crippen molar-refractivity contribution in [1.82, 2.24) is 4.98 Å². The lowest BCUT2D eigenvalue weighted by atomic mass is 10.2. The van der Waals surface area contributed by atoms with Gasteiger partial charge in [-0.05, 0) is 25.8 Å². The second kappa shape index (κ2) is 4.77. The van der Waals surface area contributed by atoms with Gasteiger partial charge in [0.1, 0.15) is 0 Å². The zero-order chi connectivity index (χ0) is 10.1. The molecule has 1 aliphatic rings. The first kappa shape index (κ1) is 12.2. The van der Waals surface area contributed by atoms with Crippen molar-refractivity contribution >= 4 is 18.1 Å². The van der Waals surface area contributed by atoms with Gasteiger partial charge in [0.25, 0.3) is 0 Å². The maximum atomic E-state index is 12.9. The smallest absolute Gasteiger partial charge is 0.215 e. The van der Waals surface area contributed by atoms with Crippen LogP contribution in [0, 0.1) is 12.9 Å². The second-order valence-corrected chi connectivity index (χ2v) is 3.70. The molecule has 15 heavy (non-hydrogen) atoms. The Kier molecular flexibility index (Phi) is 3.88. The van der Waals surface area contributed by atoms with Gasteiger partial charge in [0.2, 0.25) is 5.95 Å². The van der Waals surface area contributed by atoms with E-state index in [0.29, 0.717) is 5.56 Å². The number of pyridine rings is 1. The van der Waals surface area contributed by atoms with E-state index in [0.717, 1.165) is 25.1 Å². The molecule has 0 radical (unpaired) electrons. The molecule has 2 N–H and O–H groups in total. The van der Waals surface area contributed by atoms with Crippen LogP contribution in [-0.2, 0) is 0 Å². The van der Waals surface area contributed by atoms with Crippen LogP contribution in [0.3, 0.4) is 0 Å². The second-order valence-electron chi connectivity index (χ2n) is 3.70. The Labute approximate surface area is 94.9 Å². The molecule has 1 atom stereocenters. The van der Waals surface area contributed by atoms with Crippen LogP contribution in [0.1, 0.15) is 18.4 Å². The molecular formula is C10H15ClFN3. The minimum absolute atomic E-state index is 0. The van der Waals surface area contributed by atoms with Gasteiger partial charge in [0, 0.05) is 12.1 Å². The molecule has 0 amide bonds. The SMILES string of the molecule is Cc1cc(N2CCCC2N)cnc1F.Cl. The summed E-state index contributed by atoms with van der Waals surface area (Å²) in [6.45, 7) is 2.65. The van der Waals surface area contributed by atoms with Crippen LogP contribution in [0.25, 0.3) is 0 Å². The fourth-order valence-electron chi connectivity index (χ4n) is 1.81. The first-order valence-electron chi connectivity index (χ1n) is 4.83. The molecule has 1 saturated heterocycles. The first-order chi connectivity index (χ1) is 6.68. The lowest BCUT2D eigenvalue weighted by Gasteiger charge is -2.23. The number of rotatable bonds is 1. The predicted molar refractivity (Wildman–Crippen MR) is 60.7 cm³/mol. The van der Waals surface area contributed by atoms with Gasteiger partial charge in [-0.1, -0.05) is 0 Å². The molecule has 84 valence electrons. The highest BCUT2D eigenvalue weighted by atomic mass is 35.5. The van der Waals surface area contributed by atoms with Gasteiger partial charge < -0.3 is 10.6 Å². The molecule has 1 aliphatic heterocycles. The normalized spacial score (nSPS) is 20.2. The number of halogens is 2. The van der Waals surface area contributed by atoms with Crippen molar-refractivity contribution < 1.29 is 4.39 Å². The predicted octanol–water partition coefficient (Wildman–Crippen LogP) is 1.84. The topological polar surface area (TPSA) is 42.1 Å². The average molecular weight is 232 g/mol. The van der Waals surface area contributed by atoms with E-state index in [9.17, 15) is 4.39 Å². The molecule has 0 spiro atoms. The molecule has 1 aromatic rings. The van der Waals surface area contributed by atoms with Crippen molar-refractivity contribution in [2.45, 2.75) is 25.9 Å². The van der Waals surface area contributed by atoms with Crippen molar-refractivity contribution in [2.75, 3.05) is 11.4 Å². The van der Waals surface area contributed by atoms with Gasteiger partial charge in [0.15, 0.2) is 0 Å². The maximum Gasteiger partial charge on any atom is 0.215 e. The van der Waals surface area contributed by atoms with E-state index in [1.54, 1.807) is 19.2 Å². The zero-order valence-corrected chi connectivity index (χ0v) is 9.43. The standard InChI is InChI=1S/C10H14FN3.ClH/c1-7-5-8(6-13-10(7)11)14-4-2-3-9(14)12;/h5-6,9H,2-4,12H2,1H3;1H. The molecule has 0 aliphatic carbocycles. The van der Waals surface area contributed by atoms with Crippen LogP contribution in [0.15, 0.2) is 12.3 Å². The Balaban J connectivity index is 0.00000112. The van der Waals surface area contributed by atoms with E-state index in [1.807, 2.05) is 0 Å². The summed E-state index contributed by atoms with van der Waals surface area (Å²) in [6, 6.07) is 1.80. The summed E-state index contributed by atoms with van der Waals surface area (Å²) in [5.74, 6) is -0.401. The van der Waals surface area contributed by atoms with Crippen molar-refractivity contribution in [2.24, 2.45) is 5.73 Å². The van der Waals surface area contributed by atoms with Gasteiger partial charge in [0.05, 0.1) is 18.1 Å². The van der Waals surface area contributed by atoms with Crippen molar-refractivity contribution in [3.8, 4) is 0 Å². The average Bonchev–Trinajstić information content (AvgIpc) is 2.57. The summed E-state index contributed by atoms with van der Waals surface area (Å²) in [5, 5.41) is 0. The Morgan fingerprint density at radius 3 is 2.87 bits per heavy atom. The fourth-order valence-corrected chi connectivity index (χ4v) is 1.81. The molecule has 1 unspecified atom stereocenters. The Bertz CT molecular complexity index is 345. The zero-order valence-electron chi connectivity index (χ0n) is 8.61. The maximum absolute atomic E-state index is 12.9. The van der Waals surface area contributed by atoms with E-state index < -0.39 is 5.95 Å². The van der Waals surface area contributed by atoms with Crippen LogP contribution in [0.4, 0.5) is 10.1 Å². The van der Waals surface area contributed by atoms with E-state index in [-0.39, 0.29) is 18.6 Å². The highest BCUT2D eigenvalue weighted by Crippen LogP contribution is 2.23. The monoisotopic (exact) mass is 231 g/mol. The first-order valence-corrected chi connectivity index (χ1v) is 4.83. The quantitative estimate of drug-likeness (QED) is 0.750. The number of hydrogen-bond acceptors (Lipinski definition) is 3. The van der Waals surface area contributed by atoms with Gasteiger partial charge >= 0.3 is 0 Å². The van der Waals surface area contributed by atoms with Crippen molar-refractivity contribution in [3.63, 3.8) is 0 Å². The van der Waals surface area contributed by atoms with E-state index >= 15 is 0 Å². The number of anilines is 1. The summed E-state index contributed by atoms with van der Waals surface area (Å²) in [6.07, 6.45) is 3.70. The van der Waals surface area contributed by atoms with E-state index in [2.05, 4.69) is 9.88 Å². The molecule has 2 rings (SSSR count). The largest absolute Gasteiger partial charge is 0.355 e.